The first kappa shape index (κ1) is 45.8. The van der Waals surface area contributed by atoms with E-state index in [1.165, 1.54) is 22.3 Å². The fourth-order valence-corrected chi connectivity index (χ4v) is 8.75. The fourth-order valence-electron chi connectivity index (χ4n) is 8.75. The van der Waals surface area contributed by atoms with Gasteiger partial charge in [0.2, 0.25) is 0 Å². The van der Waals surface area contributed by atoms with Gasteiger partial charge in [-0.05, 0) is 105 Å². The molecule has 0 aliphatic rings. The first-order valence-corrected chi connectivity index (χ1v) is 22.7. The van der Waals surface area contributed by atoms with Gasteiger partial charge >= 0.3 is 20.1 Å². The van der Waals surface area contributed by atoms with E-state index in [4.69, 9.17) is 0 Å². The monoisotopic (exact) mass is 1060 g/mol. The minimum absolute atomic E-state index is 0. The molecule has 0 fully saturated rings. The molecule has 328 valence electrons. The van der Waals surface area contributed by atoms with Crippen LogP contribution < -0.4 is 0 Å². The molecule has 0 saturated heterocycles. The summed E-state index contributed by atoms with van der Waals surface area (Å²) >= 11 is 0. The van der Waals surface area contributed by atoms with Crippen LogP contribution in [-0.4, -0.2) is 15.0 Å². The molecule has 69 heavy (non-hydrogen) atoms. The van der Waals surface area contributed by atoms with E-state index in [0.717, 1.165) is 104 Å². The number of aryl methyl sites for hydroxylation is 4. The van der Waals surface area contributed by atoms with Crippen molar-refractivity contribution < 1.29 is 20.1 Å². The quantitative estimate of drug-likeness (QED) is 0.107. The summed E-state index contributed by atoms with van der Waals surface area (Å²) < 4.78 is 0. The largest absolute Gasteiger partial charge is 3.00 e. The van der Waals surface area contributed by atoms with Gasteiger partial charge in [-0.1, -0.05) is 133 Å². The predicted molar refractivity (Wildman–Crippen MR) is 272 cm³/mol. The van der Waals surface area contributed by atoms with Crippen molar-refractivity contribution in [2.75, 3.05) is 0 Å². The van der Waals surface area contributed by atoms with Crippen LogP contribution in [0.3, 0.4) is 0 Å². The molecule has 0 atom stereocenters. The normalized spacial score (nSPS) is 10.7. The average Bonchev–Trinajstić information content (AvgIpc) is 3.42. The topological polar surface area (TPSA) is 86.2 Å². The first-order chi connectivity index (χ1) is 33.6. The van der Waals surface area contributed by atoms with Gasteiger partial charge in [0, 0.05) is 18.6 Å². The Labute approximate surface area is 417 Å². The zero-order valence-electron chi connectivity index (χ0n) is 37.5. The van der Waals surface area contributed by atoms with E-state index < -0.39 is 0 Å². The number of nitrogens with zero attached hydrogens (tertiary/aromatic N) is 5. The Balaban J connectivity index is 0.00000593. The van der Waals surface area contributed by atoms with E-state index in [1.807, 2.05) is 91.3 Å². The molecular formula is C63H42IrN5. The summed E-state index contributed by atoms with van der Waals surface area (Å²) in [6.45, 7) is 0. The van der Waals surface area contributed by atoms with E-state index in [1.54, 1.807) is 18.3 Å². The Kier molecular flexibility index (Phi) is 14.3. The minimum atomic E-state index is 0. The molecular weight excluding hydrogens is 1020 g/mol. The van der Waals surface area contributed by atoms with E-state index in [9.17, 15) is 10.5 Å². The van der Waals surface area contributed by atoms with Crippen molar-refractivity contribution in [3.8, 4) is 90.4 Å². The number of pyridine rings is 3. The van der Waals surface area contributed by atoms with Crippen molar-refractivity contribution in [3.63, 3.8) is 0 Å². The van der Waals surface area contributed by atoms with Gasteiger partial charge in [0.25, 0.3) is 0 Å². The van der Waals surface area contributed by atoms with Gasteiger partial charge in [-0.3, -0.25) is 0 Å². The molecule has 0 aliphatic heterocycles. The molecule has 3 aromatic heterocycles. The van der Waals surface area contributed by atoms with E-state index in [0.29, 0.717) is 11.1 Å². The zero-order chi connectivity index (χ0) is 46.1. The van der Waals surface area contributed by atoms with Crippen LogP contribution >= 0.6 is 0 Å². The summed E-state index contributed by atoms with van der Waals surface area (Å²) in [5.74, 6) is 0. The van der Waals surface area contributed by atoms with Gasteiger partial charge in [-0.25, -0.2) is 0 Å². The van der Waals surface area contributed by atoms with E-state index in [-0.39, 0.29) is 20.1 Å². The molecule has 0 N–H and O–H groups in total. The Hall–Kier alpha value is -8.38. The summed E-state index contributed by atoms with van der Waals surface area (Å²) in [6, 6.07) is 79.0. The van der Waals surface area contributed by atoms with Crippen molar-refractivity contribution in [3.05, 3.63) is 258 Å². The third-order valence-electron chi connectivity index (χ3n) is 12.3. The van der Waals surface area contributed by atoms with Gasteiger partial charge < -0.3 is 15.0 Å². The number of aromatic nitrogens is 3. The van der Waals surface area contributed by atoms with Crippen molar-refractivity contribution >= 4 is 0 Å². The van der Waals surface area contributed by atoms with Gasteiger partial charge in [-0.2, -0.15) is 10.5 Å². The molecule has 0 saturated carbocycles. The minimum Gasteiger partial charge on any atom is -0.305 e. The van der Waals surface area contributed by atoms with Crippen molar-refractivity contribution in [2.45, 2.75) is 25.7 Å². The van der Waals surface area contributed by atoms with E-state index >= 15 is 0 Å². The van der Waals surface area contributed by atoms with Gasteiger partial charge in [-0.15, -0.1) is 94.5 Å². The molecule has 3 heterocycles. The number of hydrogen-bond acceptors (Lipinski definition) is 5. The van der Waals surface area contributed by atoms with Crippen LogP contribution in [0.15, 0.2) is 207 Å². The first-order valence-electron chi connectivity index (χ1n) is 22.7. The van der Waals surface area contributed by atoms with Crippen LogP contribution in [0.1, 0.15) is 33.4 Å². The Morgan fingerprint density at radius 3 is 1.41 bits per heavy atom. The average molecular weight is 1060 g/mol. The summed E-state index contributed by atoms with van der Waals surface area (Å²) in [5.41, 5.74) is 19.4. The molecule has 0 bridgehead atoms. The van der Waals surface area contributed by atoms with Crippen LogP contribution in [0.2, 0.25) is 0 Å². The van der Waals surface area contributed by atoms with Gasteiger partial charge in [0.15, 0.2) is 0 Å². The number of benzene rings is 7. The summed E-state index contributed by atoms with van der Waals surface area (Å²) in [5, 5.41) is 19.9. The molecule has 0 aliphatic carbocycles. The molecule has 0 unspecified atom stereocenters. The maximum atomic E-state index is 10.5. The Bertz CT molecular complexity index is 3330. The van der Waals surface area contributed by atoms with Crippen LogP contribution in [0.5, 0.6) is 0 Å². The number of nitriles is 2. The summed E-state index contributed by atoms with van der Waals surface area (Å²) in [6.07, 6.45) is 8.85. The fraction of sp³-hybridized carbons (Fsp3) is 0.0635. The third kappa shape index (κ3) is 10.6. The van der Waals surface area contributed by atoms with Gasteiger partial charge in [0.05, 0.1) is 23.3 Å². The number of hydrogen-bond donors (Lipinski definition) is 0. The molecule has 10 rings (SSSR count). The molecule has 0 radical (unpaired) electrons. The SMILES string of the molecule is N#Cc1ccc(-c2ccc(-c3cc(-c4ccccn4)[c-]cc3-c3ccccc3-c3cc(CCc4c[c-]c(-c5ccccn5)cc4)cc(CCc4c[c-]c(-c5ccccn5)cc4)c3)cc2C#N)cc1.[Ir+3]. The molecule has 5 nitrogen and oxygen atoms in total. The molecule has 0 spiro atoms. The predicted octanol–water partition coefficient (Wildman–Crippen LogP) is 14.3. The maximum Gasteiger partial charge on any atom is 3.00 e. The maximum absolute atomic E-state index is 10.5. The third-order valence-corrected chi connectivity index (χ3v) is 12.3. The van der Waals surface area contributed by atoms with E-state index in [2.05, 4.69) is 142 Å². The summed E-state index contributed by atoms with van der Waals surface area (Å²) in [4.78, 5) is 13.7. The Morgan fingerprint density at radius 2 is 0.884 bits per heavy atom. The molecule has 0 amide bonds. The van der Waals surface area contributed by atoms with Gasteiger partial charge in [0.1, 0.15) is 0 Å². The number of rotatable bonds is 13. The van der Waals surface area contributed by atoms with Crippen LogP contribution in [0.25, 0.3) is 78.3 Å². The van der Waals surface area contributed by atoms with Crippen molar-refractivity contribution in [1.29, 1.82) is 10.5 Å². The molecule has 6 heteroatoms. The van der Waals surface area contributed by atoms with Crippen molar-refractivity contribution in [1.82, 2.24) is 15.0 Å². The zero-order valence-corrected chi connectivity index (χ0v) is 39.9. The second-order valence-electron chi connectivity index (χ2n) is 16.7. The second kappa shape index (κ2) is 21.5. The standard InChI is InChI=1S/C63H42N5.Ir/c64-42-46-22-24-49(25-23-46)56-32-30-52(40-55(56)43-65)60-41-53(63-13-5-8-36-68-63)31-33-59(60)58-10-2-1-9-57(58)54-38-47(16-14-44-18-26-50(27-19-44)61-11-3-6-34-66-61)37-48(39-54)17-15-45-20-28-51(29-21-45)62-12-4-7-35-67-62;/h1-13,18-26,28,30,32-41H,14-17H2;/q-3;+3. The smallest absolute Gasteiger partial charge is 0.305 e. The van der Waals surface area contributed by atoms with Crippen LogP contribution in [0.4, 0.5) is 0 Å². The van der Waals surface area contributed by atoms with Crippen LogP contribution in [0, 0.1) is 40.9 Å². The Morgan fingerprint density at radius 1 is 0.362 bits per heavy atom. The summed E-state index contributed by atoms with van der Waals surface area (Å²) in [7, 11) is 0. The molecule has 7 aromatic carbocycles. The molecule has 10 aromatic rings. The van der Waals surface area contributed by atoms with Crippen LogP contribution in [-0.2, 0) is 45.8 Å². The van der Waals surface area contributed by atoms with Crippen molar-refractivity contribution in [2.24, 2.45) is 0 Å². The second-order valence-corrected chi connectivity index (χ2v) is 16.7.